The van der Waals surface area contributed by atoms with Gasteiger partial charge in [0.2, 0.25) is 0 Å². The Balaban J connectivity index is 1.44. The summed E-state index contributed by atoms with van der Waals surface area (Å²) < 4.78 is 89.2. The Labute approximate surface area is 238 Å². The van der Waals surface area contributed by atoms with Crippen molar-refractivity contribution in [3.05, 3.63) is 52.7 Å². The lowest BCUT2D eigenvalue weighted by Gasteiger charge is -2.60. The highest BCUT2D eigenvalue weighted by Crippen LogP contribution is 2.46. The monoisotopic (exact) mass is 596 g/mol. The van der Waals surface area contributed by atoms with Gasteiger partial charge in [-0.3, -0.25) is 0 Å². The number of alkyl halides is 5. The van der Waals surface area contributed by atoms with E-state index < -0.39 is 47.4 Å². The van der Waals surface area contributed by atoms with E-state index in [1.807, 2.05) is 0 Å². The summed E-state index contributed by atoms with van der Waals surface area (Å²) in [7, 11) is 0. The highest BCUT2D eigenvalue weighted by Gasteiger charge is 2.55. The number of nitrogens with one attached hydrogen (secondary N) is 1. The molecule has 3 aromatic rings. The number of ether oxygens (including phenoxy) is 1. The molecule has 42 heavy (non-hydrogen) atoms. The number of likely N-dealkylation sites (tertiary alicyclic amines) is 1. The fourth-order valence-electron chi connectivity index (χ4n) is 5.42. The van der Waals surface area contributed by atoms with Gasteiger partial charge in [0, 0.05) is 37.2 Å². The molecule has 2 saturated heterocycles. The SMILES string of the molecule is Cc1nc(NC(C)c2cccc(C(F)F)c2F)c2cc(N3CC4(CN(C(=O)OC(C)(C)C)C4)C3)c(C(F)(F)F)nc2n1. The Kier molecular flexibility index (Phi) is 7.17. The predicted octanol–water partition coefficient (Wildman–Crippen LogP) is 6.66. The first kappa shape index (κ1) is 29.6. The summed E-state index contributed by atoms with van der Waals surface area (Å²) in [4.78, 5) is 27.7. The summed E-state index contributed by atoms with van der Waals surface area (Å²) in [5.74, 6) is -0.871. The summed E-state index contributed by atoms with van der Waals surface area (Å²) >= 11 is 0. The van der Waals surface area contributed by atoms with Gasteiger partial charge in [-0.05, 0) is 40.7 Å². The maximum absolute atomic E-state index is 14.8. The summed E-state index contributed by atoms with van der Waals surface area (Å²) in [6, 6.07) is 4.07. The number of carbonyl (C=O) groups is 1. The van der Waals surface area contributed by atoms with Gasteiger partial charge in [0.25, 0.3) is 6.43 Å². The van der Waals surface area contributed by atoms with Gasteiger partial charge in [-0.25, -0.2) is 32.9 Å². The number of halogens is 6. The van der Waals surface area contributed by atoms with Crippen molar-refractivity contribution in [1.29, 1.82) is 0 Å². The molecule has 1 unspecified atom stereocenters. The molecule has 1 atom stereocenters. The minimum absolute atomic E-state index is 0.0541. The third kappa shape index (κ3) is 5.62. The number of hydrogen-bond donors (Lipinski definition) is 1. The highest BCUT2D eigenvalue weighted by atomic mass is 19.4. The molecular formula is C28H30F6N6O2. The van der Waals surface area contributed by atoms with Crippen LogP contribution in [0.1, 0.15) is 62.8 Å². The maximum Gasteiger partial charge on any atom is 0.435 e. The molecule has 5 rings (SSSR count). The number of benzene rings is 1. The van der Waals surface area contributed by atoms with Crippen molar-refractivity contribution in [2.24, 2.45) is 5.41 Å². The fourth-order valence-corrected chi connectivity index (χ4v) is 5.42. The average Bonchev–Trinajstić information content (AvgIpc) is 2.80. The number of aromatic nitrogens is 3. The Morgan fingerprint density at radius 3 is 2.29 bits per heavy atom. The van der Waals surface area contributed by atoms with Crippen LogP contribution in [0.25, 0.3) is 11.0 Å². The molecule has 0 bridgehead atoms. The number of pyridine rings is 1. The van der Waals surface area contributed by atoms with Gasteiger partial charge in [-0.15, -0.1) is 0 Å². The van der Waals surface area contributed by atoms with Crippen LogP contribution >= 0.6 is 0 Å². The zero-order valence-electron chi connectivity index (χ0n) is 23.6. The van der Waals surface area contributed by atoms with E-state index in [0.717, 1.165) is 6.07 Å². The molecule has 14 heteroatoms. The first-order chi connectivity index (χ1) is 19.5. The largest absolute Gasteiger partial charge is 0.444 e. The molecule has 4 heterocycles. The molecule has 1 spiro atoms. The molecule has 8 nitrogen and oxygen atoms in total. The minimum Gasteiger partial charge on any atom is -0.444 e. The second-order valence-electron chi connectivity index (χ2n) is 12.0. The number of aryl methyl sites for hydroxylation is 1. The minimum atomic E-state index is -4.78. The van der Waals surface area contributed by atoms with Gasteiger partial charge < -0.3 is 19.9 Å². The van der Waals surface area contributed by atoms with Crippen LogP contribution in [0.2, 0.25) is 0 Å². The molecule has 0 radical (unpaired) electrons. The van der Waals surface area contributed by atoms with Crippen LogP contribution in [0.4, 0.5) is 42.6 Å². The first-order valence-corrected chi connectivity index (χ1v) is 13.3. The van der Waals surface area contributed by atoms with Crippen LogP contribution in [0.5, 0.6) is 0 Å². The first-order valence-electron chi connectivity index (χ1n) is 13.3. The summed E-state index contributed by atoms with van der Waals surface area (Å²) in [5, 5.41) is 3.11. The van der Waals surface area contributed by atoms with E-state index in [9.17, 15) is 31.1 Å². The number of amides is 1. The van der Waals surface area contributed by atoms with Crippen molar-refractivity contribution >= 4 is 28.6 Å². The van der Waals surface area contributed by atoms with E-state index in [1.54, 1.807) is 25.7 Å². The fraction of sp³-hybridized carbons (Fsp3) is 0.500. The van der Waals surface area contributed by atoms with Gasteiger partial charge in [0.05, 0.1) is 22.7 Å². The van der Waals surface area contributed by atoms with Crippen LogP contribution in [0.3, 0.4) is 0 Å². The van der Waals surface area contributed by atoms with Crippen LogP contribution in [-0.2, 0) is 10.9 Å². The van der Waals surface area contributed by atoms with Gasteiger partial charge in [-0.1, -0.05) is 18.2 Å². The van der Waals surface area contributed by atoms with Crippen LogP contribution in [0.15, 0.2) is 24.3 Å². The van der Waals surface area contributed by atoms with E-state index in [1.165, 1.54) is 36.9 Å². The zero-order chi connectivity index (χ0) is 30.8. The quantitative estimate of drug-likeness (QED) is 0.330. The van der Waals surface area contributed by atoms with Crippen molar-refractivity contribution in [2.75, 3.05) is 36.4 Å². The molecular weight excluding hydrogens is 566 g/mol. The standard InChI is InChI=1S/C28H30F6N6O2/c1-14(16-7-6-8-17(20(16)29)22(30)31)35-23-18-9-19(21(28(32,33)34)38-24(18)37-15(2)36-23)39-10-27(11-39)12-40(13-27)25(41)42-26(3,4)5/h6-9,14,22H,10-13H2,1-5H3,(H,35,36,37,38). The smallest absolute Gasteiger partial charge is 0.435 e. The molecule has 2 aliphatic heterocycles. The molecule has 1 N–H and O–H groups in total. The van der Waals surface area contributed by atoms with Crippen molar-refractivity contribution < 1.29 is 35.9 Å². The normalized spacial score (nSPS) is 17.3. The zero-order valence-corrected chi connectivity index (χ0v) is 23.6. The van der Waals surface area contributed by atoms with Crippen molar-refractivity contribution in [3.63, 3.8) is 0 Å². The molecule has 1 aromatic carbocycles. The summed E-state index contributed by atoms with van der Waals surface area (Å²) in [6.07, 6.45) is -8.27. The number of anilines is 2. The molecule has 1 amide bonds. The maximum atomic E-state index is 14.8. The van der Waals surface area contributed by atoms with E-state index in [4.69, 9.17) is 4.74 Å². The van der Waals surface area contributed by atoms with E-state index in [2.05, 4.69) is 20.3 Å². The Morgan fingerprint density at radius 2 is 1.69 bits per heavy atom. The van der Waals surface area contributed by atoms with Crippen molar-refractivity contribution in [2.45, 2.75) is 58.9 Å². The molecule has 2 fully saturated rings. The third-order valence-corrected chi connectivity index (χ3v) is 7.26. The Hall–Kier alpha value is -3.84. The number of rotatable bonds is 5. The molecule has 2 aliphatic rings. The number of fused-ring (bicyclic) bond motifs is 1. The van der Waals surface area contributed by atoms with E-state index in [-0.39, 0.29) is 52.4 Å². The van der Waals surface area contributed by atoms with Crippen molar-refractivity contribution in [1.82, 2.24) is 19.9 Å². The van der Waals surface area contributed by atoms with Crippen LogP contribution in [0, 0.1) is 18.2 Å². The summed E-state index contributed by atoms with van der Waals surface area (Å²) in [6.45, 7) is 9.51. The van der Waals surface area contributed by atoms with Gasteiger partial charge in [-0.2, -0.15) is 13.2 Å². The van der Waals surface area contributed by atoms with Gasteiger partial charge in [0.15, 0.2) is 11.3 Å². The van der Waals surface area contributed by atoms with Gasteiger partial charge >= 0.3 is 12.3 Å². The summed E-state index contributed by atoms with van der Waals surface area (Å²) in [5.41, 5.74) is -3.33. The molecule has 2 aromatic heterocycles. The predicted molar refractivity (Wildman–Crippen MR) is 143 cm³/mol. The topological polar surface area (TPSA) is 83.5 Å². The average molecular weight is 597 g/mol. The lowest BCUT2D eigenvalue weighted by Crippen LogP contribution is -2.73. The highest BCUT2D eigenvalue weighted by molar-refractivity contribution is 5.90. The lowest BCUT2D eigenvalue weighted by atomic mass is 9.72. The Bertz CT molecular complexity index is 1530. The van der Waals surface area contributed by atoms with Crippen LogP contribution < -0.4 is 10.2 Å². The van der Waals surface area contributed by atoms with E-state index >= 15 is 0 Å². The molecule has 0 saturated carbocycles. The van der Waals surface area contributed by atoms with Crippen LogP contribution in [-0.4, -0.2) is 57.7 Å². The second-order valence-corrected chi connectivity index (χ2v) is 12.0. The lowest BCUT2D eigenvalue weighted by molar-refractivity contribution is -0.140. The number of hydrogen-bond acceptors (Lipinski definition) is 7. The second kappa shape index (κ2) is 10.2. The van der Waals surface area contributed by atoms with Gasteiger partial charge in [0.1, 0.15) is 23.1 Å². The third-order valence-electron chi connectivity index (χ3n) is 7.26. The number of carbonyl (C=O) groups excluding carboxylic acids is 1. The molecule has 226 valence electrons. The van der Waals surface area contributed by atoms with Crippen molar-refractivity contribution in [3.8, 4) is 0 Å². The van der Waals surface area contributed by atoms with E-state index in [0.29, 0.717) is 13.1 Å². The molecule has 0 aliphatic carbocycles. The number of nitrogens with zero attached hydrogens (tertiary/aromatic N) is 5. The Morgan fingerprint density at radius 1 is 1.05 bits per heavy atom.